The minimum atomic E-state index is -0.415. The SMILES string of the molecule is N#Cc1ccc2c(c1)c1ccccc1n2-c1cccc(-c2cccc(-c3c(F)cccc3C#N)c2)c1. The van der Waals surface area contributed by atoms with Gasteiger partial charge in [0.25, 0.3) is 0 Å². The van der Waals surface area contributed by atoms with Crippen molar-refractivity contribution in [3.05, 3.63) is 126 Å². The van der Waals surface area contributed by atoms with Crippen LogP contribution in [0.25, 0.3) is 49.7 Å². The first-order valence-corrected chi connectivity index (χ1v) is 11.5. The lowest BCUT2D eigenvalue weighted by Gasteiger charge is -2.12. The molecule has 0 N–H and O–H groups in total. The number of para-hydroxylation sites is 1. The fraction of sp³-hybridized carbons (Fsp3) is 0. The molecule has 0 radical (unpaired) electrons. The van der Waals surface area contributed by atoms with Crippen molar-refractivity contribution in [2.45, 2.75) is 0 Å². The summed E-state index contributed by atoms with van der Waals surface area (Å²) >= 11 is 0. The monoisotopic (exact) mass is 463 g/mol. The van der Waals surface area contributed by atoms with Gasteiger partial charge in [-0.15, -0.1) is 0 Å². The van der Waals surface area contributed by atoms with Crippen LogP contribution in [0, 0.1) is 28.5 Å². The van der Waals surface area contributed by atoms with Gasteiger partial charge in [0, 0.05) is 22.0 Å². The van der Waals surface area contributed by atoms with Gasteiger partial charge >= 0.3 is 0 Å². The van der Waals surface area contributed by atoms with Crippen LogP contribution in [0.1, 0.15) is 11.1 Å². The molecule has 6 rings (SSSR count). The van der Waals surface area contributed by atoms with E-state index >= 15 is 0 Å². The number of nitriles is 2. The maximum atomic E-state index is 14.7. The number of hydrogen-bond donors (Lipinski definition) is 0. The Morgan fingerprint density at radius 1 is 0.583 bits per heavy atom. The normalized spacial score (nSPS) is 10.9. The number of benzene rings is 5. The lowest BCUT2D eigenvalue weighted by molar-refractivity contribution is 0.631. The zero-order chi connectivity index (χ0) is 24.6. The predicted octanol–water partition coefficient (Wildman–Crippen LogP) is 8.00. The highest BCUT2D eigenvalue weighted by Gasteiger charge is 2.14. The van der Waals surface area contributed by atoms with Crippen LogP contribution < -0.4 is 0 Å². The Bertz CT molecular complexity index is 1880. The van der Waals surface area contributed by atoms with Gasteiger partial charge < -0.3 is 4.57 Å². The van der Waals surface area contributed by atoms with Crippen LogP contribution in [0.15, 0.2) is 109 Å². The summed E-state index contributed by atoms with van der Waals surface area (Å²) in [4.78, 5) is 0. The number of hydrogen-bond acceptors (Lipinski definition) is 2. The van der Waals surface area contributed by atoms with E-state index in [0.717, 1.165) is 38.6 Å². The van der Waals surface area contributed by atoms with Crippen molar-refractivity contribution in [2.24, 2.45) is 0 Å². The van der Waals surface area contributed by atoms with E-state index in [4.69, 9.17) is 0 Å². The van der Waals surface area contributed by atoms with Crippen LogP contribution in [0.2, 0.25) is 0 Å². The summed E-state index contributed by atoms with van der Waals surface area (Å²) in [5, 5.41) is 21.0. The van der Waals surface area contributed by atoms with Gasteiger partial charge in [-0.2, -0.15) is 10.5 Å². The van der Waals surface area contributed by atoms with E-state index in [1.54, 1.807) is 12.1 Å². The van der Waals surface area contributed by atoms with E-state index in [1.807, 2.05) is 66.7 Å². The zero-order valence-electron chi connectivity index (χ0n) is 19.1. The molecule has 0 aliphatic rings. The van der Waals surface area contributed by atoms with Gasteiger partial charge in [-0.3, -0.25) is 0 Å². The maximum absolute atomic E-state index is 14.7. The molecule has 5 aromatic carbocycles. The number of fused-ring (bicyclic) bond motifs is 3. The fourth-order valence-electron chi connectivity index (χ4n) is 4.91. The molecule has 0 spiro atoms. The third-order valence-corrected chi connectivity index (χ3v) is 6.52. The molecule has 168 valence electrons. The van der Waals surface area contributed by atoms with Gasteiger partial charge in [-0.25, -0.2) is 4.39 Å². The summed E-state index contributed by atoms with van der Waals surface area (Å²) in [7, 11) is 0. The second-order valence-electron chi connectivity index (χ2n) is 8.60. The highest BCUT2D eigenvalue weighted by Crippen LogP contribution is 2.35. The highest BCUT2D eigenvalue weighted by molar-refractivity contribution is 6.09. The van der Waals surface area contributed by atoms with Crippen molar-refractivity contribution < 1.29 is 4.39 Å². The molecular formula is C32H18FN3. The third-order valence-electron chi connectivity index (χ3n) is 6.52. The smallest absolute Gasteiger partial charge is 0.132 e. The van der Waals surface area contributed by atoms with Crippen molar-refractivity contribution in [1.82, 2.24) is 4.57 Å². The molecule has 1 heterocycles. The Morgan fingerprint density at radius 3 is 2.14 bits per heavy atom. The first-order chi connectivity index (χ1) is 17.7. The van der Waals surface area contributed by atoms with Crippen molar-refractivity contribution in [1.29, 1.82) is 10.5 Å². The Balaban J connectivity index is 1.53. The summed E-state index contributed by atoms with van der Waals surface area (Å²) < 4.78 is 16.9. The minimum Gasteiger partial charge on any atom is -0.309 e. The second kappa shape index (κ2) is 8.55. The molecule has 0 amide bonds. The maximum Gasteiger partial charge on any atom is 0.132 e. The molecule has 0 atom stereocenters. The van der Waals surface area contributed by atoms with Gasteiger partial charge in [0.15, 0.2) is 0 Å². The standard InChI is InChI=1S/C32H18FN3/c33-29-12-5-9-25(20-35)32(29)24-8-3-6-22(17-24)23-7-4-10-26(18-23)36-30-13-2-1-11-27(30)28-16-21(19-34)14-15-31(28)36/h1-18H. The number of halogens is 1. The summed E-state index contributed by atoms with van der Waals surface area (Å²) in [6.45, 7) is 0. The van der Waals surface area contributed by atoms with Crippen LogP contribution in [-0.2, 0) is 0 Å². The lowest BCUT2D eigenvalue weighted by atomic mass is 9.95. The van der Waals surface area contributed by atoms with E-state index in [-0.39, 0.29) is 0 Å². The molecule has 0 saturated carbocycles. The largest absolute Gasteiger partial charge is 0.309 e. The predicted molar refractivity (Wildman–Crippen MR) is 141 cm³/mol. The first-order valence-electron chi connectivity index (χ1n) is 11.5. The average molecular weight is 464 g/mol. The topological polar surface area (TPSA) is 52.5 Å². The minimum absolute atomic E-state index is 0.308. The van der Waals surface area contributed by atoms with Crippen molar-refractivity contribution in [3.63, 3.8) is 0 Å². The number of aromatic nitrogens is 1. The van der Waals surface area contributed by atoms with Gasteiger partial charge in [-0.1, -0.05) is 54.6 Å². The van der Waals surface area contributed by atoms with Gasteiger partial charge in [0.1, 0.15) is 5.82 Å². The molecule has 0 bridgehead atoms. The lowest BCUT2D eigenvalue weighted by Crippen LogP contribution is -1.94. The van der Waals surface area contributed by atoms with Crippen molar-refractivity contribution in [3.8, 4) is 40.1 Å². The summed E-state index contributed by atoms with van der Waals surface area (Å²) in [6, 6.07) is 38.6. The van der Waals surface area contributed by atoms with E-state index in [9.17, 15) is 14.9 Å². The van der Waals surface area contributed by atoms with E-state index in [2.05, 4.69) is 41.0 Å². The van der Waals surface area contributed by atoms with Gasteiger partial charge in [-0.05, 0) is 71.3 Å². The molecule has 3 nitrogen and oxygen atoms in total. The van der Waals surface area contributed by atoms with Crippen LogP contribution in [0.5, 0.6) is 0 Å². The summed E-state index contributed by atoms with van der Waals surface area (Å²) in [5.41, 5.74) is 6.87. The van der Waals surface area contributed by atoms with Crippen LogP contribution >= 0.6 is 0 Å². The molecule has 0 unspecified atom stereocenters. The molecule has 1 aromatic heterocycles. The Hall–Kier alpha value is -5.19. The van der Waals surface area contributed by atoms with Crippen molar-refractivity contribution in [2.75, 3.05) is 0 Å². The molecule has 4 heteroatoms. The summed E-state index contributed by atoms with van der Waals surface area (Å²) in [6.07, 6.45) is 0. The van der Waals surface area contributed by atoms with Gasteiger partial charge in [0.2, 0.25) is 0 Å². The quantitative estimate of drug-likeness (QED) is 0.267. The van der Waals surface area contributed by atoms with Crippen LogP contribution in [0.3, 0.4) is 0 Å². The Morgan fingerprint density at radius 2 is 1.31 bits per heavy atom. The second-order valence-corrected chi connectivity index (χ2v) is 8.60. The van der Waals surface area contributed by atoms with E-state index < -0.39 is 5.82 Å². The third kappa shape index (κ3) is 3.41. The Kier molecular flexibility index (Phi) is 5.07. The van der Waals surface area contributed by atoms with Crippen LogP contribution in [-0.4, -0.2) is 4.57 Å². The van der Waals surface area contributed by atoms with E-state index in [1.165, 1.54) is 6.07 Å². The molecule has 0 saturated heterocycles. The molecular weight excluding hydrogens is 445 g/mol. The van der Waals surface area contributed by atoms with E-state index in [0.29, 0.717) is 22.3 Å². The number of nitrogens with zero attached hydrogens (tertiary/aromatic N) is 3. The highest BCUT2D eigenvalue weighted by atomic mass is 19.1. The number of rotatable bonds is 3. The molecule has 0 fully saturated rings. The first kappa shape index (κ1) is 21.4. The molecule has 0 aliphatic carbocycles. The molecule has 6 aromatic rings. The Labute approximate surface area is 207 Å². The molecule has 0 aliphatic heterocycles. The summed E-state index contributed by atoms with van der Waals surface area (Å²) in [5.74, 6) is -0.415. The van der Waals surface area contributed by atoms with Gasteiger partial charge in [0.05, 0.1) is 34.3 Å². The fourth-order valence-corrected chi connectivity index (χ4v) is 4.91. The average Bonchev–Trinajstić information content (AvgIpc) is 3.26. The van der Waals surface area contributed by atoms with Crippen LogP contribution in [0.4, 0.5) is 4.39 Å². The zero-order valence-corrected chi connectivity index (χ0v) is 19.1. The molecule has 36 heavy (non-hydrogen) atoms. The van der Waals surface area contributed by atoms with Crippen molar-refractivity contribution >= 4 is 21.8 Å².